The number of rotatable bonds is 0. The van der Waals surface area contributed by atoms with Gasteiger partial charge in [0.2, 0.25) is 0 Å². The van der Waals surface area contributed by atoms with E-state index < -0.39 is 0 Å². The first-order valence-electron chi connectivity index (χ1n) is 5.13. The molecule has 0 aromatic heterocycles. The van der Waals surface area contributed by atoms with Gasteiger partial charge in [-0.15, -0.1) is 0 Å². The first-order valence-corrected chi connectivity index (χ1v) is 5.13. The van der Waals surface area contributed by atoms with Gasteiger partial charge in [-0.05, 0) is 36.0 Å². The zero-order valence-electron chi connectivity index (χ0n) is 7.84. The van der Waals surface area contributed by atoms with Crippen LogP contribution < -0.4 is 0 Å². The highest BCUT2D eigenvalue weighted by Crippen LogP contribution is 2.66. The second kappa shape index (κ2) is 1.78. The summed E-state index contributed by atoms with van der Waals surface area (Å²) in [7, 11) is 0. The highest BCUT2D eigenvalue weighted by atomic mass is 16.1. The zero-order valence-corrected chi connectivity index (χ0v) is 7.84. The van der Waals surface area contributed by atoms with Crippen LogP contribution in [0.2, 0.25) is 0 Å². The van der Waals surface area contributed by atoms with Crippen molar-refractivity contribution in [3.05, 3.63) is 0 Å². The normalized spacial score (nSPS) is 53.7. The van der Waals surface area contributed by atoms with Crippen molar-refractivity contribution in [1.29, 1.82) is 0 Å². The number of fused-ring (bicyclic) bond motifs is 1. The molecule has 4 atom stereocenters. The molecule has 1 heteroatoms. The van der Waals surface area contributed by atoms with E-state index >= 15 is 0 Å². The standard InChI is InChI=1S/C11H16O/c1-11(2)7-3-6-4-9(12)10(11)8(6)5-7/h6-8,10H,3-5H2,1-2H3/t6-,7-,8-,10-/m1/s1. The molecule has 3 saturated carbocycles. The van der Waals surface area contributed by atoms with Gasteiger partial charge >= 0.3 is 0 Å². The molecule has 3 aliphatic rings. The maximum atomic E-state index is 11.7. The summed E-state index contributed by atoms with van der Waals surface area (Å²) in [6, 6.07) is 0. The molecule has 0 aliphatic heterocycles. The van der Waals surface area contributed by atoms with Crippen molar-refractivity contribution in [2.24, 2.45) is 29.1 Å². The zero-order chi connectivity index (χ0) is 8.51. The molecular formula is C11H16O. The number of carbonyl (C=O) groups excluding carboxylic acids is 1. The number of Topliss-reactive ketones (excluding diaryl/α,β-unsaturated/α-hetero) is 1. The molecule has 0 saturated heterocycles. The molecule has 0 aromatic carbocycles. The van der Waals surface area contributed by atoms with Crippen molar-refractivity contribution in [3.8, 4) is 0 Å². The highest BCUT2D eigenvalue weighted by Gasteiger charge is 2.63. The number of carbonyl (C=O) groups is 1. The van der Waals surface area contributed by atoms with E-state index in [0.717, 1.165) is 24.2 Å². The van der Waals surface area contributed by atoms with E-state index in [1.807, 2.05) is 0 Å². The van der Waals surface area contributed by atoms with Crippen LogP contribution in [0.15, 0.2) is 0 Å². The maximum Gasteiger partial charge on any atom is 0.137 e. The van der Waals surface area contributed by atoms with Crippen LogP contribution in [-0.2, 0) is 4.79 Å². The Kier molecular flexibility index (Phi) is 1.06. The third-order valence-corrected chi connectivity index (χ3v) is 4.84. The van der Waals surface area contributed by atoms with Gasteiger partial charge in [0, 0.05) is 12.3 Å². The van der Waals surface area contributed by atoms with Crippen LogP contribution in [0.25, 0.3) is 0 Å². The molecule has 66 valence electrons. The predicted molar refractivity (Wildman–Crippen MR) is 46.6 cm³/mol. The molecule has 0 amide bonds. The minimum atomic E-state index is 0.342. The van der Waals surface area contributed by atoms with Gasteiger partial charge in [0.15, 0.2) is 0 Å². The lowest BCUT2D eigenvalue weighted by Crippen LogP contribution is -2.32. The van der Waals surface area contributed by atoms with Crippen molar-refractivity contribution in [1.82, 2.24) is 0 Å². The summed E-state index contributed by atoms with van der Waals surface area (Å²) in [6.45, 7) is 4.61. The molecular weight excluding hydrogens is 148 g/mol. The van der Waals surface area contributed by atoms with E-state index in [4.69, 9.17) is 0 Å². The summed E-state index contributed by atoms with van der Waals surface area (Å²) in [6.07, 6.45) is 3.61. The van der Waals surface area contributed by atoms with Gasteiger partial charge in [0.25, 0.3) is 0 Å². The monoisotopic (exact) mass is 164 g/mol. The molecule has 3 rings (SSSR count). The molecule has 0 N–H and O–H groups in total. The van der Waals surface area contributed by atoms with Crippen molar-refractivity contribution < 1.29 is 4.79 Å². The Hall–Kier alpha value is -0.330. The lowest BCUT2D eigenvalue weighted by molar-refractivity contribution is -0.123. The molecule has 0 aromatic rings. The Balaban J connectivity index is 2.10. The Morgan fingerprint density at radius 2 is 2.08 bits per heavy atom. The summed E-state index contributed by atoms with van der Waals surface area (Å²) < 4.78 is 0. The quantitative estimate of drug-likeness (QED) is 0.536. The third-order valence-electron chi connectivity index (χ3n) is 4.84. The fraction of sp³-hybridized carbons (Fsp3) is 0.909. The summed E-state index contributed by atoms with van der Waals surface area (Å²) in [5.74, 6) is 3.47. The van der Waals surface area contributed by atoms with Crippen LogP contribution in [0.3, 0.4) is 0 Å². The fourth-order valence-corrected chi connectivity index (χ4v) is 4.25. The van der Waals surface area contributed by atoms with Gasteiger partial charge in [0.1, 0.15) is 5.78 Å². The largest absolute Gasteiger partial charge is 0.299 e. The summed E-state index contributed by atoms with van der Waals surface area (Å²) >= 11 is 0. The summed E-state index contributed by atoms with van der Waals surface area (Å²) in [4.78, 5) is 11.7. The Morgan fingerprint density at radius 1 is 1.33 bits per heavy atom. The van der Waals surface area contributed by atoms with E-state index in [1.54, 1.807) is 0 Å². The van der Waals surface area contributed by atoms with Crippen LogP contribution in [0.5, 0.6) is 0 Å². The second-order valence-corrected chi connectivity index (χ2v) is 5.56. The molecule has 1 nitrogen and oxygen atoms in total. The van der Waals surface area contributed by atoms with E-state index in [9.17, 15) is 4.79 Å². The number of hydrogen-bond acceptors (Lipinski definition) is 1. The molecule has 2 bridgehead atoms. The number of hydrogen-bond donors (Lipinski definition) is 0. The lowest BCUT2D eigenvalue weighted by atomic mass is 9.69. The van der Waals surface area contributed by atoms with E-state index in [2.05, 4.69) is 13.8 Å². The first kappa shape index (κ1) is 7.11. The van der Waals surface area contributed by atoms with Gasteiger partial charge in [-0.25, -0.2) is 0 Å². The van der Waals surface area contributed by atoms with Gasteiger partial charge in [-0.2, -0.15) is 0 Å². The average molecular weight is 164 g/mol. The lowest BCUT2D eigenvalue weighted by Gasteiger charge is -2.34. The van der Waals surface area contributed by atoms with Gasteiger partial charge in [0.05, 0.1) is 0 Å². The minimum Gasteiger partial charge on any atom is -0.299 e. The van der Waals surface area contributed by atoms with Crippen LogP contribution in [0.1, 0.15) is 33.1 Å². The van der Waals surface area contributed by atoms with E-state index in [-0.39, 0.29) is 0 Å². The Morgan fingerprint density at radius 3 is 2.67 bits per heavy atom. The van der Waals surface area contributed by atoms with Gasteiger partial charge in [-0.1, -0.05) is 13.8 Å². The smallest absolute Gasteiger partial charge is 0.137 e. The van der Waals surface area contributed by atoms with Crippen molar-refractivity contribution in [2.75, 3.05) is 0 Å². The van der Waals surface area contributed by atoms with Gasteiger partial charge in [-0.3, -0.25) is 4.79 Å². The first-order chi connectivity index (χ1) is 5.60. The molecule has 0 radical (unpaired) electrons. The molecule has 3 aliphatic carbocycles. The maximum absolute atomic E-state index is 11.7. The molecule has 0 spiro atoms. The van der Waals surface area contributed by atoms with Crippen LogP contribution in [-0.4, -0.2) is 5.78 Å². The Labute approximate surface area is 73.5 Å². The summed E-state index contributed by atoms with van der Waals surface area (Å²) in [5.41, 5.74) is 0.342. The highest BCUT2D eigenvalue weighted by molar-refractivity contribution is 5.85. The molecule has 3 fully saturated rings. The van der Waals surface area contributed by atoms with Crippen LogP contribution in [0, 0.1) is 29.1 Å². The predicted octanol–water partition coefficient (Wildman–Crippen LogP) is 2.26. The number of ketones is 1. The average Bonchev–Trinajstić information content (AvgIpc) is 2.45. The van der Waals surface area contributed by atoms with Crippen molar-refractivity contribution >= 4 is 5.78 Å². The molecule has 0 unspecified atom stereocenters. The van der Waals surface area contributed by atoms with Crippen LogP contribution >= 0.6 is 0 Å². The van der Waals surface area contributed by atoms with Crippen LogP contribution in [0.4, 0.5) is 0 Å². The molecule has 0 heterocycles. The van der Waals surface area contributed by atoms with E-state index in [1.165, 1.54) is 12.8 Å². The SMILES string of the molecule is CC1(C)[C@@H]2C[C@@H]3CC(=O)[C@H]1[C@@H]3C2. The molecule has 12 heavy (non-hydrogen) atoms. The fourth-order valence-electron chi connectivity index (χ4n) is 4.25. The second-order valence-electron chi connectivity index (χ2n) is 5.56. The minimum absolute atomic E-state index is 0.342. The van der Waals surface area contributed by atoms with Crippen molar-refractivity contribution in [2.45, 2.75) is 33.1 Å². The summed E-state index contributed by atoms with van der Waals surface area (Å²) in [5, 5.41) is 0. The van der Waals surface area contributed by atoms with E-state index in [0.29, 0.717) is 17.1 Å². The topological polar surface area (TPSA) is 17.1 Å². The third kappa shape index (κ3) is 0.571. The Bertz CT molecular complexity index is 252. The van der Waals surface area contributed by atoms with Gasteiger partial charge < -0.3 is 0 Å². The van der Waals surface area contributed by atoms with Crippen molar-refractivity contribution in [3.63, 3.8) is 0 Å².